The molecule has 3 aromatic heterocycles. The number of carboxylic acid groups (broad SMARTS) is 1. The molecule has 0 amide bonds. The lowest BCUT2D eigenvalue weighted by Gasteiger charge is -2.27. The fourth-order valence-corrected chi connectivity index (χ4v) is 3.77. The molecule has 1 saturated heterocycles. The largest absolute Gasteiger partial charge is 0.477 e. The minimum absolute atomic E-state index is 0.0302. The Labute approximate surface area is 178 Å². The maximum atomic E-state index is 14.2. The molecule has 1 aliphatic rings. The zero-order chi connectivity index (χ0) is 22.2. The second-order valence-corrected chi connectivity index (χ2v) is 8.10. The predicted molar refractivity (Wildman–Crippen MR) is 112 cm³/mol. The molecule has 4 heterocycles. The number of aromatic carboxylic acids is 1. The Balaban J connectivity index is 1.78. The van der Waals surface area contributed by atoms with Gasteiger partial charge in [0.2, 0.25) is 11.9 Å². The molecule has 1 aliphatic heterocycles. The number of rotatable bonds is 5. The van der Waals surface area contributed by atoms with E-state index in [4.69, 9.17) is 0 Å². The van der Waals surface area contributed by atoms with Crippen molar-refractivity contribution >= 4 is 11.7 Å². The number of aromatic nitrogens is 3. The Morgan fingerprint density at radius 1 is 1.00 bits per heavy atom. The van der Waals surface area contributed by atoms with Crippen molar-refractivity contribution in [3.63, 3.8) is 0 Å². The topological polar surface area (TPSA) is 79.2 Å². The van der Waals surface area contributed by atoms with Crippen LogP contribution in [0, 0.1) is 11.9 Å². The molecule has 0 aliphatic carbocycles. The third kappa shape index (κ3) is 4.10. The number of carboxylic acids is 1. The summed E-state index contributed by atoms with van der Waals surface area (Å²) in [5, 5.41) is 9.58. The lowest BCUT2D eigenvalue weighted by Crippen LogP contribution is -2.25. The molecule has 0 saturated carbocycles. The van der Waals surface area contributed by atoms with Crippen LogP contribution < -0.4 is 4.90 Å². The molecule has 3 aromatic rings. The fourth-order valence-electron chi connectivity index (χ4n) is 3.77. The molecule has 0 radical (unpaired) electrons. The second-order valence-electron chi connectivity index (χ2n) is 8.10. The van der Waals surface area contributed by atoms with Crippen LogP contribution in [0.5, 0.6) is 0 Å². The van der Waals surface area contributed by atoms with Crippen LogP contribution in [-0.4, -0.2) is 39.1 Å². The Bertz CT molecular complexity index is 1140. The first-order valence-electron chi connectivity index (χ1n) is 10.1. The zero-order valence-corrected chi connectivity index (χ0v) is 17.3. The average Bonchev–Trinajstić information content (AvgIpc) is 3.28. The number of pyridine rings is 3. The summed E-state index contributed by atoms with van der Waals surface area (Å²) in [7, 11) is 0. The van der Waals surface area contributed by atoms with Crippen molar-refractivity contribution in [2.75, 3.05) is 18.0 Å². The Morgan fingerprint density at radius 3 is 2.42 bits per heavy atom. The van der Waals surface area contributed by atoms with Gasteiger partial charge in [0, 0.05) is 24.2 Å². The van der Waals surface area contributed by atoms with Gasteiger partial charge in [-0.3, -0.25) is 4.98 Å². The van der Waals surface area contributed by atoms with Crippen molar-refractivity contribution < 1.29 is 18.7 Å². The van der Waals surface area contributed by atoms with Gasteiger partial charge in [0.05, 0.1) is 22.6 Å². The fraction of sp³-hybridized carbons (Fsp3) is 0.304. The molecule has 31 heavy (non-hydrogen) atoms. The van der Waals surface area contributed by atoms with Crippen molar-refractivity contribution in [3.05, 3.63) is 71.4 Å². The molecule has 0 aromatic carbocycles. The van der Waals surface area contributed by atoms with E-state index in [-0.39, 0.29) is 11.3 Å². The maximum Gasteiger partial charge on any atom is 0.354 e. The van der Waals surface area contributed by atoms with Crippen LogP contribution in [-0.2, 0) is 5.41 Å². The van der Waals surface area contributed by atoms with Crippen LogP contribution in [0.25, 0.3) is 11.3 Å². The Hall–Kier alpha value is -3.42. The van der Waals surface area contributed by atoms with Crippen molar-refractivity contribution in [1.29, 1.82) is 0 Å². The molecular formula is C23H22F2N4O2. The molecule has 0 bridgehead atoms. The SMILES string of the molecule is CC(C)(c1cc(N2CCCC2)cc(C(=O)O)n1)c1cccc(-c2ccc(F)nc2F)n1. The van der Waals surface area contributed by atoms with Crippen LogP contribution >= 0.6 is 0 Å². The third-order valence-corrected chi connectivity index (χ3v) is 5.62. The van der Waals surface area contributed by atoms with Gasteiger partial charge in [-0.25, -0.2) is 9.78 Å². The summed E-state index contributed by atoms with van der Waals surface area (Å²) >= 11 is 0. The second kappa shape index (κ2) is 8.02. The summed E-state index contributed by atoms with van der Waals surface area (Å²) in [6.07, 6.45) is 2.12. The van der Waals surface area contributed by atoms with Gasteiger partial charge in [0.25, 0.3) is 0 Å². The van der Waals surface area contributed by atoms with Crippen molar-refractivity contribution in [2.45, 2.75) is 32.1 Å². The van der Waals surface area contributed by atoms with E-state index in [0.29, 0.717) is 17.1 Å². The van der Waals surface area contributed by atoms with Gasteiger partial charge in [0.1, 0.15) is 0 Å². The van der Waals surface area contributed by atoms with E-state index >= 15 is 0 Å². The standard InChI is InChI=1S/C23H22F2N4O2/c1-23(2,18-7-5-6-16(26-18)15-8-9-20(24)28-21(15)25)19-13-14(29-10-3-4-11-29)12-17(27-19)22(30)31/h5-9,12-13H,3-4,10-11H2,1-2H3,(H,30,31). The summed E-state index contributed by atoms with van der Waals surface area (Å²) < 4.78 is 27.4. The number of halogens is 2. The highest BCUT2D eigenvalue weighted by Crippen LogP contribution is 2.34. The van der Waals surface area contributed by atoms with Crippen LogP contribution in [0.15, 0.2) is 42.5 Å². The number of carbonyl (C=O) groups is 1. The minimum atomic E-state index is -1.10. The van der Waals surface area contributed by atoms with Crippen LogP contribution in [0.1, 0.15) is 48.6 Å². The highest BCUT2D eigenvalue weighted by Gasteiger charge is 2.29. The van der Waals surface area contributed by atoms with E-state index < -0.39 is 23.3 Å². The Morgan fingerprint density at radius 2 is 1.74 bits per heavy atom. The number of anilines is 1. The number of nitrogens with zero attached hydrogens (tertiary/aromatic N) is 4. The molecule has 0 atom stereocenters. The summed E-state index contributed by atoms with van der Waals surface area (Å²) in [6.45, 7) is 5.52. The summed E-state index contributed by atoms with van der Waals surface area (Å²) in [5.41, 5.74) is 1.55. The number of hydrogen-bond donors (Lipinski definition) is 1. The van der Waals surface area contributed by atoms with Crippen LogP contribution in [0.4, 0.5) is 14.5 Å². The first-order chi connectivity index (χ1) is 14.8. The van der Waals surface area contributed by atoms with Crippen molar-refractivity contribution in [2.24, 2.45) is 0 Å². The molecular weight excluding hydrogens is 402 g/mol. The molecule has 1 fully saturated rings. The van der Waals surface area contributed by atoms with E-state index in [9.17, 15) is 18.7 Å². The van der Waals surface area contributed by atoms with Crippen LogP contribution in [0.3, 0.4) is 0 Å². The average molecular weight is 424 g/mol. The zero-order valence-electron chi connectivity index (χ0n) is 17.3. The van der Waals surface area contributed by atoms with Crippen LogP contribution in [0.2, 0.25) is 0 Å². The third-order valence-electron chi connectivity index (χ3n) is 5.62. The summed E-state index contributed by atoms with van der Waals surface area (Å²) in [6, 6.07) is 11.0. The van der Waals surface area contributed by atoms with E-state index in [1.165, 1.54) is 6.07 Å². The molecule has 6 nitrogen and oxygen atoms in total. The molecule has 8 heteroatoms. The van der Waals surface area contributed by atoms with Gasteiger partial charge < -0.3 is 10.0 Å². The molecule has 160 valence electrons. The van der Waals surface area contributed by atoms with Crippen molar-refractivity contribution in [3.8, 4) is 11.3 Å². The lowest BCUT2D eigenvalue weighted by molar-refractivity contribution is 0.0690. The monoisotopic (exact) mass is 424 g/mol. The van der Waals surface area contributed by atoms with E-state index in [1.54, 1.807) is 24.3 Å². The van der Waals surface area contributed by atoms with Gasteiger partial charge >= 0.3 is 5.97 Å². The highest BCUT2D eigenvalue weighted by atomic mass is 19.1. The predicted octanol–water partition coefficient (Wildman–Crippen LogP) is 4.44. The smallest absolute Gasteiger partial charge is 0.354 e. The van der Waals surface area contributed by atoms with E-state index in [0.717, 1.165) is 37.7 Å². The van der Waals surface area contributed by atoms with Gasteiger partial charge in [-0.15, -0.1) is 0 Å². The molecule has 1 N–H and O–H groups in total. The normalized spacial score (nSPS) is 14.1. The van der Waals surface area contributed by atoms with Crippen molar-refractivity contribution in [1.82, 2.24) is 15.0 Å². The first kappa shape index (κ1) is 20.8. The summed E-state index contributed by atoms with van der Waals surface area (Å²) in [4.78, 5) is 26.1. The van der Waals surface area contributed by atoms with Gasteiger partial charge in [-0.05, 0) is 63.1 Å². The Kier molecular flexibility index (Phi) is 5.39. The van der Waals surface area contributed by atoms with Gasteiger partial charge in [-0.2, -0.15) is 13.8 Å². The quantitative estimate of drug-likeness (QED) is 0.610. The van der Waals surface area contributed by atoms with E-state index in [1.807, 2.05) is 19.9 Å². The minimum Gasteiger partial charge on any atom is -0.477 e. The molecule has 0 spiro atoms. The van der Waals surface area contributed by atoms with E-state index in [2.05, 4.69) is 19.9 Å². The molecule has 0 unspecified atom stereocenters. The lowest BCUT2D eigenvalue weighted by atomic mass is 9.84. The van der Waals surface area contributed by atoms with Gasteiger partial charge in [0.15, 0.2) is 5.69 Å². The summed E-state index contributed by atoms with van der Waals surface area (Å²) in [5.74, 6) is -2.94. The highest BCUT2D eigenvalue weighted by molar-refractivity contribution is 5.86. The van der Waals surface area contributed by atoms with Gasteiger partial charge in [-0.1, -0.05) is 6.07 Å². The number of hydrogen-bond acceptors (Lipinski definition) is 5. The molecule has 4 rings (SSSR count). The maximum absolute atomic E-state index is 14.2. The first-order valence-corrected chi connectivity index (χ1v) is 10.1.